The van der Waals surface area contributed by atoms with E-state index in [0.717, 1.165) is 82.3 Å². The lowest BCUT2D eigenvalue weighted by Gasteiger charge is -2.07. The summed E-state index contributed by atoms with van der Waals surface area (Å²) < 4.78 is 8.50. The van der Waals surface area contributed by atoms with Crippen LogP contribution in [0.4, 0.5) is 0 Å². The molecular formula is C38H19N3O. The normalized spacial score (nSPS) is 11.8. The molecule has 0 aliphatic heterocycles. The van der Waals surface area contributed by atoms with Gasteiger partial charge in [-0.05, 0) is 59.2 Å². The van der Waals surface area contributed by atoms with Crippen LogP contribution in [-0.2, 0) is 0 Å². The maximum atomic E-state index is 9.61. The summed E-state index contributed by atoms with van der Waals surface area (Å²) in [4.78, 5) is 0. The van der Waals surface area contributed by atoms with Crippen LogP contribution in [0.25, 0.3) is 82.3 Å². The van der Waals surface area contributed by atoms with Crippen LogP contribution in [0.5, 0.6) is 0 Å². The van der Waals surface area contributed by atoms with E-state index in [1.54, 1.807) is 0 Å². The summed E-state index contributed by atoms with van der Waals surface area (Å²) in [6, 6.07) is 43.9. The zero-order valence-electron chi connectivity index (χ0n) is 22.2. The highest BCUT2D eigenvalue weighted by Crippen LogP contribution is 2.43. The summed E-state index contributed by atoms with van der Waals surface area (Å²) in [5.74, 6) is 0. The second kappa shape index (κ2) is 8.21. The highest BCUT2D eigenvalue weighted by Gasteiger charge is 2.20. The first-order valence-electron chi connectivity index (χ1n) is 13.8. The summed E-state index contributed by atoms with van der Waals surface area (Å²) in [7, 11) is 0. The fraction of sp³-hybridized carbons (Fsp3) is 0. The predicted octanol–water partition coefficient (Wildman–Crippen LogP) is 9.81. The van der Waals surface area contributed by atoms with Gasteiger partial charge in [0.1, 0.15) is 11.2 Å². The minimum Gasteiger partial charge on any atom is -0.455 e. The Labute approximate surface area is 239 Å². The van der Waals surface area contributed by atoms with Gasteiger partial charge in [0.05, 0.1) is 39.8 Å². The Morgan fingerprint density at radius 2 is 1.12 bits per heavy atom. The molecule has 4 nitrogen and oxygen atoms in total. The van der Waals surface area contributed by atoms with Crippen LogP contribution in [0.1, 0.15) is 11.1 Å². The van der Waals surface area contributed by atoms with Gasteiger partial charge in [-0.2, -0.15) is 10.5 Å². The van der Waals surface area contributed by atoms with E-state index in [-0.39, 0.29) is 0 Å². The number of nitrogens with zero attached hydrogens (tertiary/aromatic N) is 3. The number of rotatable bonds is 2. The maximum absolute atomic E-state index is 9.61. The second-order valence-corrected chi connectivity index (χ2v) is 10.8. The maximum Gasteiger partial charge on any atom is 0.143 e. The van der Waals surface area contributed by atoms with E-state index in [9.17, 15) is 10.5 Å². The molecule has 0 amide bonds. The van der Waals surface area contributed by atoms with Gasteiger partial charge in [0.2, 0.25) is 0 Å². The van der Waals surface area contributed by atoms with E-state index in [1.165, 1.54) is 0 Å². The molecule has 4 heteroatoms. The summed E-state index contributed by atoms with van der Waals surface area (Å²) >= 11 is 0. The van der Waals surface area contributed by atoms with Crippen LogP contribution in [0.15, 0.2) is 120 Å². The van der Waals surface area contributed by atoms with Crippen molar-refractivity contribution < 1.29 is 4.42 Å². The minimum atomic E-state index is 0.614. The van der Waals surface area contributed by atoms with Crippen LogP contribution >= 0.6 is 0 Å². The molecule has 0 saturated heterocycles. The first-order valence-corrected chi connectivity index (χ1v) is 13.8. The zero-order chi connectivity index (χ0) is 27.9. The van der Waals surface area contributed by atoms with Crippen LogP contribution in [0.3, 0.4) is 0 Å². The molecule has 0 aliphatic rings. The molecule has 6 aromatic carbocycles. The van der Waals surface area contributed by atoms with Crippen molar-refractivity contribution in [3.8, 4) is 34.4 Å². The number of fused-ring (bicyclic) bond motifs is 9. The highest BCUT2D eigenvalue weighted by atomic mass is 16.3. The molecule has 192 valence electrons. The molecule has 0 aliphatic carbocycles. The van der Waals surface area contributed by atoms with Crippen molar-refractivity contribution in [2.45, 2.75) is 0 Å². The van der Waals surface area contributed by atoms with Gasteiger partial charge in [-0.1, -0.05) is 72.8 Å². The fourth-order valence-electron chi connectivity index (χ4n) is 6.67. The van der Waals surface area contributed by atoms with Crippen molar-refractivity contribution in [2.75, 3.05) is 0 Å². The molecule has 0 atom stereocenters. The number of benzene rings is 6. The van der Waals surface area contributed by atoms with Crippen LogP contribution in [-0.4, -0.2) is 4.40 Å². The van der Waals surface area contributed by atoms with Crippen molar-refractivity contribution in [1.82, 2.24) is 4.40 Å². The average Bonchev–Trinajstić information content (AvgIpc) is 3.70. The van der Waals surface area contributed by atoms with Gasteiger partial charge >= 0.3 is 0 Å². The molecule has 3 heterocycles. The molecule has 0 saturated carbocycles. The molecule has 0 spiro atoms. The number of para-hydroxylation sites is 2. The Morgan fingerprint density at radius 1 is 0.500 bits per heavy atom. The Kier molecular flexibility index (Phi) is 4.43. The van der Waals surface area contributed by atoms with Gasteiger partial charge in [0.15, 0.2) is 0 Å². The molecule has 0 unspecified atom stereocenters. The smallest absolute Gasteiger partial charge is 0.143 e. The molecule has 3 aromatic heterocycles. The number of furan rings is 1. The minimum absolute atomic E-state index is 0.614. The molecule has 42 heavy (non-hydrogen) atoms. The monoisotopic (exact) mass is 533 g/mol. The standard InChI is InChI=1S/C38H19N3O/c39-20-22-8-14-28-32-18-26(19-33-29-15-9-23(21-40)17-35(29)41(37(32)33)34(28)16-22)24-10-12-25(13-11-24)27-5-3-6-31-30-4-1-2-7-36(30)42-38(27)31/h1-19H. The lowest BCUT2D eigenvalue weighted by molar-refractivity contribution is 0.670. The Morgan fingerprint density at radius 3 is 1.79 bits per heavy atom. The van der Waals surface area contributed by atoms with E-state index < -0.39 is 0 Å². The summed E-state index contributed by atoms with van der Waals surface area (Å²) in [5, 5.41) is 25.9. The van der Waals surface area contributed by atoms with E-state index in [2.05, 4.69) is 77.2 Å². The Hall–Kier alpha value is -6.10. The zero-order valence-corrected chi connectivity index (χ0v) is 22.2. The van der Waals surface area contributed by atoms with E-state index >= 15 is 0 Å². The third-order valence-electron chi connectivity index (χ3n) is 8.58. The first-order chi connectivity index (χ1) is 20.7. The Bertz CT molecular complexity index is 2540. The van der Waals surface area contributed by atoms with Gasteiger partial charge in [0.25, 0.3) is 0 Å². The lowest BCUT2D eigenvalue weighted by atomic mass is 9.96. The van der Waals surface area contributed by atoms with Crippen molar-refractivity contribution in [3.63, 3.8) is 0 Å². The van der Waals surface area contributed by atoms with Crippen molar-refractivity contribution in [1.29, 1.82) is 10.5 Å². The van der Waals surface area contributed by atoms with Gasteiger partial charge in [-0.15, -0.1) is 0 Å². The van der Waals surface area contributed by atoms with Crippen LogP contribution in [0, 0.1) is 22.7 Å². The quantitative estimate of drug-likeness (QED) is 0.222. The summed E-state index contributed by atoms with van der Waals surface area (Å²) in [6.45, 7) is 0. The van der Waals surface area contributed by atoms with E-state index in [1.807, 2.05) is 54.6 Å². The molecular weight excluding hydrogens is 514 g/mol. The summed E-state index contributed by atoms with van der Waals surface area (Å²) in [5.41, 5.74) is 10.5. The largest absolute Gasteiger partial charge is 0.455 e. The molecule has 0 fully saturated rings. The molecule has 0 radical (unpaired) electrons. The number of hydrogen-bond acceptors (Lipinski definition) is 3. The topological polar surface area (TPSA) is 65.1 Å². The fourth-order valence-corrected chi connectivity index (χ4v) is 6.67. The van der Waals surface area contributed by atoms with Gasteiger partial charge in [-0.3, -0.25) is 0 Å². The van der Waals surface area contributed by atoms with Crippen molar-refractivity contribution >= 4 is 60.0 Å². The van der Waals surface area contributed by atoms with Crippen molar-refractivity contribution in [2.24, 2.45) is 0 Å². The van der Waals surface area contributed by atoms with E-state index in [4.69, 9.17) is 4.42 Å². The Balaban J connectivity index is 1.26. The summed E-state index contributed by atoms with van der Waals surface area (Å²) in [6.07, 6.45) is 0. The van der Waals surface area contributed by atoms with Crippen molar-refractivity contribution in [3.05, 3.63) is 126 Å². The highest BCUT2D eigenvalue weighted by molar-refractivity contribution is 6.24. The van der Waals surface area contributed by atoms with Crippen LogP contribution in [0.2, 0.25) is 0 Å². The predicted molar refractivity (Wildman–Crippen MR) is 169 cm³/mol. The van der Waals surface area contributed by atoms with Crippen LogP contribution < -0.4 is 0 Å². The van der Waals surface area contributed by atoms with Gasteiger partial charge < -0.3 is 8.82 Å². The van der Waals surface area contributed by atoms with Gasteiger partial charge in [0, 0.05) is 37.9 Å². The molecule has 9 aromatic rings. The number of nitriles is 2. The molecule has 0 bridgehead atoms. The van der Waals surface area contributed by atoms with Gasteiger partial charge in [-0.25, -0.2) is 0 Å². The third kappa shape index (κ3) is 2.98. The molecule has 9 rings (SSSR count). The number of hydrogen-bond donors (Lipinski definition) is 0. The second-order valence-electron chi connectivity index (χ2n) is 10.8. The first kappa shape index (κ1) is 22.7. The molecule has 0 N–H and O–H groups in total. The van der Waals surface area contributed by atoms with E-state index in [0.29, 0.717) is 11.1 Å². The lowest BCUT2D eigenvalue weighted by Crippen LogP contribution is -1.83. The SMILES string of the molecule is N#Cc1ccc2c3cc(-c4ccc(-c5cccc6c5oc5ccccc56)cc4)cc4c5ccc(C#N)cc5n(c2c1)c34. The third-order valence-corrected chi connectivity index (χ3v) is 8.58. The average molecular weight is 534 g/mol. The number of aromatic nitrogens is 1.